The lowest BCUT2D eigenvalue weighted by atomic mass is 9.85. The summed E-state index contributed by atoms with van der Waals surface area (Å²) in [5.74, 6) is 0.00802. The molecule has 0 unspecified atom stereocenters. The molecule has 2 bridgehead atoms. The van der Waals surface area contributed by atoms with Crippen molar-refractivity contribution in [2.45, 2.75) is 19.8 Å². The minimum atomic E-state index is -0.174. The molecule has 1 heterocycles. The number of hydrogen-bond acceptors (Lipinski definition) is 3. The topological polar surface area (TPSA) is 54.5 Å². The second-order valence-corrected chi connectivity index (χ2v) is 7.34. The third-order valence-corrected chi connectivity index (χ3v) is 6.38. The zero-order valence-corrected chi connectivity index (χ0v) is 12.9. The lowest BCUT2D eigenvalue weighted by Crippen LogP contribution is -2.34. The Bertz CT molecular complexity index is 753. The van der Waals surface area contributed by atoms with E-state index in [1.165, 1.54) is 11.8 Å². The van der Waals surface area contributed by atoms with Crippen molar-refractivity contribution in [1.82, 2.24) is 0 Å². The molecule has 1 spiro atoms. The minimum absolute atomic E-state index is 0.0228. The van der Waals surface area contributed by atoms with E-state index in [-0.39, 0.29) is 46.7 Å². The van der Waals surface area contributed by atoms with Gasteiger partial charge in [-0.15, -0.1) is 0 Å². The molecule has 3 aliphatic carbocycles. The lowest BCUT2D eigenvalue weighted by molar-refractivity contribution is -0.123. The first-order valence-corrected chi connectivity index (χ1v) is 8.22. The number of benzene rings is 1. The van der Waals surface area contributed by atoms with Gasteiger partial charge in [0.1, 0.15) is 0 Å². The number of imide groups is 1. The predicted octanol–water partition coefficient (Wildman–Crippen LogP) is 2.59. The van der Waals surface area contributed by atoms with Crippen LogP contribution in [0.5, 0.6) is 0 Å². The maximum atomic E-state index is 12.9. The Hall–Kier alpha value is -2.23. The van der Waals surface area contributed by atoms with Crippen molar-refractivity contribution < 1.29 is 14.4 Å². The van der Waals surface area contributed by atoms with Crippen LogP contribution >= 0.6 is 0 Å². The number of amides is 2. The van der Waals surface area contributed by atoms with Gasteiger partial charge < -0.3 is 0 Å². The Kier molecular flexibility index (Phi) is 2.30. The van der Waals surface area contributed by atoms with Crippen LogP contribution in [0.4, 0.5) is 5.69 Å². The number of hydrogen-bond donors (Lipinski definition) is 0. The van der Waals surface area contributed by atoms with E-state index in [2.05, 4.69) is 12.2 Å². The van der Waals surface area contributed by atoms with Crippen LogP contribution in [0.1, 0.15) is 30.1 Å². The maximum Gasteiger partial charge on any atom is 0.238 e. The highest BCUT2D eigenvalue weighted by Crippen LogP contribution is 2.73. The van der Waals surface area contributed by atoms with Crippen LogP contribution in [0.15, 0.2) is 36.4 Å². The SMILES string of the molecule is CC(=O)c1ccc(N2C(=O)[C@@H]3[C@H](C2=O)[C@H]2C=C[C@H]3C23CC3)cc1. The van der Waals surface area contributed by atoms with Crippen molar-refractivity contribution in [2.75, 3.05) is 4.90 Å². The summed E-state index contributed by atoms with van der Waals surface area (Å²) >= 11 is 0. The van der Waals surface area contributed by atoms with E-state index in [1.807, 2.05) is 0 Å². The molecule has 0 N–H and O–H groups in total. The van der Waals surface area contributed by atoms with Crippen molar-refractivity contribution in [2.24, 2.45) is 29.1 Å². The second-order valence-electron chi connectivity index (χ2n) is 7.34. The molecular formula is C19H17NO3. The van der Waals surface area contributed by atoms with E-state index in [1.54, 1.807) is 24.3 Å². The van der Waals surface area contributed by atoms with E-state index in [0.717, 1.165) is 12.8 Å². The lowest BCUT2D eigenvalue weighted by Gasteiger charge is -2.21. The molecule has 23 heavy (non-hydrogen) atoms. The molecule has 116 valence electrons. The molecule has 1 aromatic rings. The van der Waals surface area contributed by atoms with E-state index in [9.17, 15) is 14.4 Å². The summed E-state index contributed by atoms with van der Waals surface area (Å²) in [7, 11) is 0. The molecular weight excluding hydrogens is 290 g/mol. The van der Waals surface area contributed by atoms with Crippen LogP contribution in [-0.2, 0) is 9.59 Å². The Morgan fingerprint density at radius 2 is 1.52 bits per heavy atom. The third kappa shape index (κ3) is 1.44. The van der Waals surface area contributed by atoms with Gasteiger partial charge in [0.25, 0.3) is 0 Å². The second kappa shape index (κ2) is 3.99. The van der Waals surface area contributed by atoms with Crippen LogP contribution in [0.3, 0.4) is 0 Å². The predicted molar refractivity (Wildman–Crippen MR) is 83.7 cm³/mol. The molecule has 4 nitrogen and oxygen atoms in total. The molecule has 2 saturated carbocycles. The standard InChI is InChI=1S/C19H17NO3/c1-10(21)11-2-4-12(5-3-11)20-17(22)15-13-6-7-14(16(15)18(20)23)19(13)8-9-19/h2-7,13-16H,8-9H2,1H3/t13-,14-,15-,16+/m1/s1. The normalized spacial score (nSPS) is 35.3. The molecule has 2 amide bonds. The largest absolute Gasteiger partial charge is 0.295 e. The fourth-order valence-electron chi connectivity index (χ4n) is 5.18. The highest BCUT2D eigenvalue weighted by molar-refractivity contribution is 6.23. The number of anilines is 1. The van der Waals surface area contributed by atoms with Crippen LogP contribution in [-0.4, -0.2) is 17.6 Å². The number of ketones is 1. The van der Waals surface area contributed by atoms with Crippen molar-refractivity contribution >= 4 is 23.3 Å². The van der Waals surface area contributed by atoms with Crippen molar-refractivity contribution in [3.8, 4) is 0 Å². The third-order valence-electron chi connectivity index (χ3n) is 6.38. The maximum absolute atomic E-state index is 12.9. The van der Waals surface area contributed by atoms with E-state index >= 15 is 0 Å². The quantitative estimate of drug-likeness (QED) is 0.479. The average molecular weight is 307 g/mol. The summed E-state index contributed by atoms with van der Waals surface area (Å²) in [6.07, 6.45) is 6.64. The van der Waals surface area contributed by atoms with Crippen LogP contribution in [0, 0.1) is 29.1 Å². The van der Waals surface area contributed by atoms with E-state index in [0.29, 0.717) is 11.3 Å². The number of nitrogens with zero attached hydrogens (tertiary/aromatic N) is 1. The van der Waals surface area contributed by atoms with Crippen molar-refractivity contribution in [3.05, 3.63) is 42.0 Å². The van der Waals surface area contributed by atoms with Crippen LogP contribution < -0.4 is 4.90 Å². The first-order valence-electron chi connectivity index (χ1n) is 8.22. The summed E-state index contributed by atoms with van der Waals surface area (Å²) in [6, 6.07) is 6.77. The number of rotatable bonds is 2. The Morgan fingerprint density at radius 1 is 1.00 bits per heavy atom. The van der Waals surface area contributed by atoms with Gasteiger partial charge in [-0.05, 0) is 61.3 Å². The zero-order chi connectivity index (χ0) is 15.9. The fraction of sp³-hybridized carbons (Fsp3) is 0.421. The summed E-state index contributed by atoms with van der Waals surface area (Å²) in [5.41, 5.74) is 1.40. The summed E-state index contributed by atoms with van der Waals surface area (Å²) < 4.78 is 0. The molecule has 4 atom stereocenters. The van der Waals surface area contributed by atoms with Gasteiger partial charge in [0.2, 0.25) is 11.8 Å². The van der Waals surface area contributed by atoms with Crippen LogP contribution in [0.25, 0.3) is 0 Å². The number of allylic oxidation sites excluding steroid dienone is 2. The number of carbonyl (C=O) groups excluding carboxylic acids is 3. The van der Waals surface area contributed by atoms with Gasteiger partial charge in [0, 0.05) is 5.56 Å². The molecule has 1 saturated heterocycles. The van der Waals surface area contributed by atoms with Gasteiger partial charge in [-0.25, -0.2) is 0 Å². The number of Topliss-reactive ketones (excluding diaryl/α,β-unsaturated/α-hetero) is 1. The molecule has 4 heteroatoms. The minimum Gasteiger partial charge on any atom is -0.295 e. The zero-order valence-electron chi connectivity index (χ0n) is 12.9. The molecule has 3 fully saturated rings. The number of fused-ring (bicyclic) bond motifs is 3. The van der Waals surface area contributed by atoms with Gasteiger partial charge in [-0.2, -0.15) is 0 Å². The Labute approximate surface area is 134 Å². The van der Waals surface area contributed by atoms with Crippen LogP contribution in [0.2, 0.25) is 0 Å². The summed E-state index contributed by atoms with van der Waals surface area (Å²) in [6.45, 7) is 1.50. The first kappa shape index (κ1) is 13.2. The van der Waals surface area contributed by atoms with Crippen molar-refractivity contribution in [3.63, 3.8) is 0 Å². The van der Waals surface area contributed by atoms with Gasteiger partial charge in [0.15, 0.2) is 5.78 Å². The van der Waals surface area contributed by atoms with Crippen molar-refractivity contribution in [1.29, 1.82) is 0 Å². The molecule has 0 radical (unpaired) electrons. The van der Waals surface area contributed by atoms with Gasteiger partial charge in [0.05, 0.1) is 17.5 Å². The average Bonchev–Trinajstić information content (AvgIpc) is 3.13. The Morgan fingerprint density at radius 3 is 1.96 bits per heavy atom. The van der Waals surface area contributed by atoms with E-state index < -0.39 is 0 Å². The molecule has 5 rings (SSSR count). The van der Waals surface area contributed by atoms with Gasteiger partial charge in [-0.3, -0.25) is 19.3 Å². The Balaban J connectivity index is 1.52. The monoisotopic (exact) mass is 307 g/mol. The van der Waals surface area contributed by atoms with E-state index in [4.69, 9.17) is 0 Å². The van der Waals surface area contributed by atoms with Gasteiger partial charge >= 0.3 is 0 Å². The highest BCUT2D eigenvalue weighted by Gasteiger charge is 2.73. The molecule has 1 aliphatic heterocycles. The molecule has 4 aliphatic rings. The molecule has 1 aromatic carbocycles. The highest BCUT2D eigenvalue weighted by atomic mass is 16.2. The summed E-state index contributed by atoms with van der Waals surface area (Å²) in [5, 5.41) is 0. The molecule has 0 aromatic heterocycles. The summed E-state index contributed by atoms with van der Waals surface area (Å²) in [4.78, 5) is 38.6. The fourth-order valence-corrected chi connectivity index (χ4v) is 5.18. The smallest absolute Gasteiger partial charge is 0.238 e. The number of carbonyl (C=O) groups is 3. The first-order chi connectivity index (χ1) is 11.0. The van der Waals surface area contributed by atoms with Gasteiger partial charge in [-0.1, -0.05) is 12.2 Å².